The summed E-state index contributed by atoms with van der Waals surface area (Å²) >= 11 is 4.86. The SMILES string of the molecule is CCn1c(COc2c(C)cccc2C)nnc1SCC(=O)Nc1c(C)cc(Br)cc1C. The maximum atomic E-state index is 12.5. The molecule has 6 nitrogen and oxygen atoms in total. The molecule has 0 radical (unpaired) electrons. The third-order valence-electron chi connectivity index (χ3n) is 4.96. The number of aromatic nitrogens is 3. The van der Waals surface area contributed by atoms with Crippen LogP contribution in [0.4, 0.5) is 5.69 Å². The van der Waals surface area contributed by atoms with Gasteiger partial charge in [0, 0.05) is 16.7 Å². The molecule has 0 aliphatic heterocycles. The molecule has 8 heteroatoms. The molecule has 0 bridgehead atoms. The zero-order chi connectivity index (χ0) is 22.5. The van der Waals surface area contributed by atoms with Crippen LogP contribution in [0.5, 0.6) is 5.75 Å². The molecule has 3 rings (SSSR count). The number of ether oxygens (including phenoxy) is 1. The van der Waals surface area contributed by atoms with Crippen molar-refractivity contribution in [3.05, 3.63) is 62.9 Å². The van der Waals surface area contributed by atoms with Crippen LogP contribution in [0.1, 0.15) is 35.0 Å². The highest BCUT2D eigenvalue weighted by Gasteiger charge is 2.15. The second-order valence-electron chi connectivity index (χ2n) is 7.40. The highest BCUT2D eigenvalue weighted by atomic mass is 79.9. The summed E-state index contributed by atoms with van der Waals surface area (Å²) in [5, 5.41) is 12.3. The molecule has 0 spiro atoms. The number of rotatable bonds is 8. The first-order valence-corrected chi connectivity index (χ1v) is 11.9. The summed E-state index contributed by atoms with van der Waals surface area (Å²) in [6.45, 7) is 11.1. The Bertz CT molecular complexity index is 1050. The molecule has 0 aliphatic rings. The van der Waals surface area contributed by atoms with Crippen molar-refractivity contribution in [1.82, 2.24) is 14.8 Å². The van der Waals surface area contributed by atoms with Gasteiger partial charge in [0.25, 0.3) is 0 Å². The molecule has 0 saturated carbocycles. The monoisotopic (exact) mass is 502 g/mol. The fraction of sp³-hybridized carbons (Fsp3) is 0.348. The largest absolute Gasteiger partial charge is 0.485 e. The molecule has 164 valence electrons. The number of anilines is 1. The van der Waals surface area contributed by atoms with Gasteiger partial charge >= 0.3 is 0 Å². The standard InChI is InChI=1S/C23H27BrN4O2S/c1-6-28-19(12-30-22-14(2)8-7-9-15(22)3)26-27-23(28)31-13-20(29)25-21-16(4)10-18(24)11-17(21)5/h7-11H,6,12-13H2,1-5H3,(H,25,29). The van der Waals surface area contributed by atoms with E-state index < -0.39 is 0 Å². The first kappa shape index (κ1) is 23.3. The van der Waals surface area contributed by atoms with Crippen LogP contribution in [0.25, 0.3) is 0 Å². The van der Waals surface area contributed by atoms with E-state index in [1.807, 2.05) is 69.5 Å². The Morgan fingerprint density at radius 2 is 1.74 bits per heavy atom. The van der Waals surface area contributed by atoms with Gasteiger partial charge in [-0.2, -0.15) is 0 Å². The Hall–Kier alpha value is -2.32. The zero-order valence-corrected chi connectivity index (χ0v) is 20.9. The molecular formula is C23H27BrN4O2S. The average Bonchev–Trinajstić information content (AvgIpc) is 3.10. The van der Waals surface area contributed by atoms with Crippen molar-refractivity contribution in [3.63, 3.8) is 0 Å². The van der Waals surface area contributed by atoms with Crippen LogP contribution in [0.3, 0.4) is 0 Å². The normalized spacial score (nSPS) is 10.9. The smallest absolute Gasteiger partial charge is 0.234 e. The first-order chi connectivity index (χ1) is 14.8. The lowest BCUT2D eigenvalue weighted by atomic mass is 10.1. The number of carbonyl (C=O) groups is 1. The summed E-state index contributed by atoms with van der Waals surface area (Å²) in [6, 6.07) is 10.1. The lowest BCUT2D eigenvalue weighted by Gasteiger charge is -2.13. The molecular weight excluding hydrogens is 476 g/mol. The number of nitrogens with one attached hydrogen (secondary N) is 1. The number of para-hydroxylation sites is 1. The van der Waals surface area contributed by atoms with Crippen molar-refractivity contribution in [1.29, 1.82) is 0 Å². The van der Waals surface area contributed by atoms with Crippen LogP contribution >= 0.6 is 27.7 Å². The Balaban J connectivity index is 1.64. The molecule has 0 aliphatic carbocycles. The predicted octanol–water partition coefficient (Wildman–Crippen LogP) is 5.60. The van der Waals surface area contributed by atoms with Gasteiger partial charge < -0.3 is 14.6 Å². The van der Waals surface area contributed by atoms with Gasteiger partial charge in [-0.25, -0.2) is 0 Å². The number of hydrogen-bond donors (Lipinski definition) is 1. The third kappa shape index (κ3) is 5.68. The lowest BCUT2D eigenvalue weighted by Crippen LogP contribution is -2.16. The van der Waals surface area contributed by atoms with Crippen molar-refractivity contribution >= 4 is 39.3 Å². The summed E-state index contributed by atoms with van der Waals surface area (Å²) in [6.07, 6.45) is 0. The Kier molecular flexibility index (Phi) is 7.78. The molecule has 0 atom stereocenters. The highest BCUT2D eigenvalue weighted by Crippen LogP contribution is 2.26. The summed E-state index contributed by atoms with van der Waals surface area (Å²) in [7, 11) is 0. The van der Waals surface area contributed by atoms with Crippen molar-refractivity contribution in [2.45, 2.75) is 52.9 Å². The molecule has 0 fully saturated rings. The minimum absolute atomic E-state index is 0.0717. The molecule has 2 aromatic carbocycles. The second-order valence-corrected chi connectivity index (χ2v) is 9.26. The fourth-order valence-corrected chi connectivity index (χ4v) is 4.94. The topological polar surface area (TPSA) is 69.0 Å². The van der Waals surface area contributed by atoms with E-state index in [0.29, 0.717) is 18.3 Å². The molecule has 3 aromatic rings. The second kappa shape index (κ2) is 10.3. The Morgan fingerprint density at radius 1 is 1.10 bits per heavy atom. The number of nitrogens with zero attached hydrogens (tertiary/aromatic N) is 3. The fourth-order valence-electron chi connectivity index (χ4n) is 3.43. The van der Waals surface area contributed by atoms with E-state index in [4.69, 9.17) is 4.74 Å². The number of aryl methyl sites for hydroxylation is 4. The molecule has 1 aromatic heterocycles. The van der Waals surface area contributed by atoms with Gasteiger partial charge in [0.2, 0.25) is 5.91 Å². The third-order valence-corrected chi connectivity index (χ3v) is 6.38. The van der Waals surface area contributed by atoms with Crippen LogP contribution in [0, 0.1) is 27.7 Å². The number of benzene rings is 2. The Labute approximate surface area is 195 Å². The van der Waals surface area contributed by atoms with E-state index in [2.05, 4.69) is 31.4 Å². The summed E-state index contributed by atoms with van der Waals surface area (Å²) in [5.41, 5.74) is 5.08. The number of amides is 1. The van der Waals surface area contributed by atoms with Gasteiger partial charge in [-0.1, -0.05) is 45.9 Å². The van der Waals surface area contributed by atoms with Gasteiger partial charge in [-0.3, -0.25) is 4.79 Å². The average molecular weight is 503 g/mol. The number of hydrogen-bond acceptors (Lipinski definition) is 5. The highest BCUT2D eigenvalue weighted by molar-refractivity contribution is 9.10. The van der Waals surface area contributed by atoms with Crippen LogP contribution in [-0.2, 0) is 17.9 Å². The van der Waals surface area contributed by atoms with Crippen LogP contribution in [0.15, 0.2) is 40.0 Å². The first-order valence-electron chi connectivity index (χ1n) is 10.1. The number of halogens is 1. The summed E-state index contributed by atoms with van der Waals surface area (Å²) in [5.74, 6) is 1.80. The minimum atomic E-state index is -0.0717. The van der Waals surface area contributed by atoms with E-state index in [0.717, 1.165) is 44.0 Å². The Morgan fingerprint density at radius 3 is 2.35 bits per heavy atom. The minimum Gasteiger partial charge on any atom is -0.485 e. The van der Waals surface area contributed by atoms with Crippen LogP contribution in [0.2, 0.25) is 0 Å². The van der Waals surface area contributed by atoms with E-state index in [1.54, 1.807) is 0 Å². The van der Waals surface area contributed by atoms with Crippen molar-refractivity contribution in [2.75, 3.05) is 11.1 Å². The maximum absolute atomic E-state index is 12.5. The van der Waals surface area contributed by atoms with E-state index in [9.17, 15) is 4.79 Å². The van der Waals surface area contributed by atoms with Crippen LogP contribution in [-0.4, -0.2) is 26.4 Å². The molecule has 0 unspecified atom stereocenters. The number of carbonyl (C=O) groups excluding carboxylic acids is 1. The zero-order valence-electron chi connectivity index (χ0n) is 18.5. The van der Waals surface area contributed by atoms with E-state index >= 15 is 0 Å². The van der Waals surface area contributed by atoms with E-state index in [-0.39, 0.29) is 11.7 Å². The molecule has 31 heavy (non-hydrogen) atoms. The van der Waals surface area contributed by atoms with Crippen molar-refractivity contribution < 1.29 is 9.53 Å². The van der Waals surface area contributed by atoms with Gasteiger partial charge in [-0.05, 0) is 69.0 Å². The van der Waals surface area contributed by atoms with Crippen molar-refractivity contribution in [3.8, 4) is 5.75 Å². The molecule has 1 heterocycles. The summed E-state index contributed by atoms with van der Waals surface area (Å²) in [4.78, 5) is 12.5. The van der Waals surface area contributed by atoms with Gasteiger partial charge in [0.1, 0.15) is 12.4 Å². The van der Waals surface area contributed by atoms with Gasteiger partial charge in [0.05, 0.1) is 5.75 Å². The van der Waals surface area contributed by atoms with Crippen molar-refractivity contribution in [2.24, 2.45) is 0 Å². The molecule has 1 amide bonds. The summed E-state index contributed by atoms with van der Waals surface area (Å²) < 4.78 is 9.02. The number of thioether (sulfide) groups is 1. The van der Waals surface area contributed by atoms with Crippen LogP contribution < -0.4 is 10.1 Å². The molecule has 1 N–H and O–H groups in total. The lowest BCUT2D eigenvalue weighted by molar-refractivity contribution is -0.113. The van der Waals surface area contributed by atoms with Gasteiger partial charge in [-0.15, -0.1) is 10.2 Å². The predicted molar refractivity (Wildman–Crippen MR) is 129 cm³/mol. The molecule has 0 saturated heterocycles. The van der Waals surface area contributed by atoms with E-state index in [1.165, 1.54) is 11.8 Å². The quantitative estimate of drug-likeness (QED) is 0.405. The maximum Gasteiger partial charge on any atom is 0.234 e. The van der Waals surface area contributed by atoms with Gasteiger partial charge in [0.15, 0.2) is 11.0 Å².